The van der Waals surface area contributed by atoms with E-state index < -0.39 is 0 Å². The summed E-state index contributed by atoms with van der Waals surface area (Å²) in [6, 6.07) is 21.1. The number of hydrogen-bond donors (Lipinski definition) is 0. The number of para-hydroxylation sites is 1. The first kappa shape index (κ1) is 13.6. The van der Waals surface area contributed by atoms with Gasteiger partial charge in [0.1, 0.15) is 5.58 Å². The Balaban J connectivity index is 2.14. The van der Waals surface area contributed by atoms with Gasteiger partial charge in [-0.1, -0.05) is 54.6 Å². The van der Waals surface area contributed by atoms with Crippen LogP contribution in [0.3, 0.4) is 0 Å². The zero-order valence-corrected chi connectivity index (χ0v) is 12.6. The molecule has 1 aromatic heterocycles. The Bertz CT molecular complexity index is 1070. The smallest absolute Gasteiger partial charge is 0.235 e. The number of hydrogen-bond acceptors (Lipinski definition) is 3. The maximum atomic E-state index is 12.7. The van der Waals surface area contributed by atoms with Gasteiger partial charge < -0.3 is 9.15 Å². The van der Waals surface area contributed by atoms with Gasteiger partial charge in [-0.25, -0.2) is 0 Å². The van der Waals surface area contributed by atoms with E-state index in [0.29, 0.717) is 16.7 Å². The average molecular weight is 302 g/mol. The second-order valence-corrected chi connectivity index (χ2v) is 5.32. The summed E-state index contributed by atoms with van der Waals surface area (Å²) in [4.78, 5) is 12.7. The van der Waals surface area contributed by atoms with Crippen molar-refractivity contribution in [1.82, 2.24) is 0 Å². The van der Waals surface area contributed by atoms with Crippen LogP contribution in [0.15, 0.2) is 75.9 Å². The molecule has 0 N–H and O–H groups in total. The lowest BCUT2D eigenvalue weighted by atomic mass is 10.0. The maximum Gasteiger partial charge on any atom is 0.235 e. The summed E-state index contributed by atoms with van der Waals surface area (Å²) in [5, 5.41) is 2.63. The molecule has 0 spiro atoms. The quantitative estimate of drug-likeness (QED) is 0.542. The molecule has 0 amide bonds. The Hall–Kier alpha value is -3.07. The summed E-state index contributed by atoms with van der Waals surface area (Å²) in [5.74, 6) is 0.702. The first-order valence-corrected chi connectivity index (χ1v) is 7.37. The van der Waals surface area contributed by atoms with Crippen molar-refractivity contribution in [2.24, 2.45) is 0 Å². The fourth-order valence-corrected chi connectivity index (χ4v) is 2.91. The third-order valence-corrected chi connectivity index (χ3v) is 3.99. The molecule has 4 rings (SSSR count). The van der Waals surface area contributed by atoms with Crippen molar-refractivity contribution in [2.45, 2.75) is 0 Å². The molecule has 0 fully saturated rings. The van der Waals surface area contributed by atoms with Crippen LogP contribution in [0.1, 0.15) is 0 Å². The van der Waals surface area contributed by atoms with Gasteiger partial charge in [0.2, 0.25) is 11.2 Å². The van der Waals surface area contributed by atoms with Crippen LogP contribution in [-0.2, 0) is 0 Å². The normalized spacial score (nSPS) is 11.0. The van der Waals surface area contributed by atoms with E-state index in [4.69, 9.17) is 9.15 Å². The number of ether oxygens (including phenoxy) is 1. The minimum absolute atomic E-state index is 0.155. The van der Waals surface area contributed by atoms with Crippen LogP contribution in [0, 0.1) is 0 Å². The SMILES string of the molecule is COc1c(-c2cccc3ccccc23)oc2ccccc2c1=O. The first-order valence-electron chi connectivity index (χ1n) is 7.37. The maximum absolute atomic E-state index is 12.7. The molecule has 4 aromatic rings. The summed E-state index contributed by atoms with van der Waals surface area (Å²) in [6.45, 7) is 0. The van der Waals surface area contributed by atoms with Crippen LogP contribution < -0.4 is 10.2 Å². The van der Waals surface area contributed by atoms with Crippen molar-refractivity contribution < 1.29 is 9.15 Å². The lowest BCUT2D eigenvalue weighted by Crippen LogP contribution is -2.07. The van der Waals surface area contributed by atoms with Gasteiger partial charge >= 0.3 is 0 Å². The Morgan fingerprint density at radius 3 is 2.35 bits per heavy atom. The monoisotopic (exact) mass is 302 g/mol. The van der Waals surface area contributed by atoms with Crippen molar-refractivity contribution in [1.29, 1.82) is 0 Å². The predicted octanol–water partition coefficient (Wildman–Crippen LogP) is 4.62. The highest BCUT2D eigenvalue weighted by atomic mass is 16.5. The number of rotatable bonds is 2. The summed E-state index contributed by atoms with van der Waals surface area (Å²) < 4.78 is 11.4. The molecule has 0 radical (unpaired) electrons. The van der Waals surface area contributed by atoms with Crippen LogP contribution in [0.25, 0.3) is 33.1 Å². The summed E-state index contributed by atoms with van der Waals surface area (Å²) in [5.41, 5.74) is 1.25. The second-order valence-electron chi connectivity index (χ2n) is 5.32. The highest BCUT2D eigenvalue weighted by molar-refractivity contribution is 5.97. The predicted molar refractivity (Wildman–Crippen MR) is 92.0 cm³/mol. The van der Waals surface area contributed by atoms with Crippen LogP contribution >= 0.6 is 0 Å². The average Bonchev–Trinajstić information content (AvgIpc) is 2.61. The Kier molecular flexibility index (Phi) is 3.12. The molecular formula is C20H14O3. The Labute approximate surface area is 132 Å². The van der Waals surface area contributed by atoms with Gasteiger partial charge in [0, 0.05) is 5.56 Å². The molecule has 0 atom stereocenters. The summed E-state index contributed by atoms with van der Waals surface area (Å²) in [7, 11) is 1.50. The van der Waals surface area contributed by atoms with E-state index >= 15 is 0 Å². The molecule has 3 nitrogen and oxygen atoms in total. The molecule has 112 valence electrons. The highest BCUT2D eigenvalue weighted by Crippen LogP contribution is 2.35. The molecule has 0 unspecified atom stereocenters. The van der Waals surface area contributed by atoms with E-state index in [2.05, 4.69) is 0 Å². The van der Waals surface area contributed by atoms with Gasteiger partial charge in [-0.3, -0.25) is 4.79 Å². The van der Waals surface area contributed by atoms with Crippen LogP contribution in [0.2, 0.25) is 0 Å². The van der Waals surface area contributed by atoms with Gasteiger partial charge in [0.15, 0.2) is 5.76 Å². The van der Waals surface area contributed by atoms with E-state index in [-0.39, 0.29) is 11.2 Å². The van der Waals surface area contributed by atoms with Gasteiger partial charge in [0.05, 0.1) is 12.5 Å². The van der Waals surface area contributed by atoms with Crippen molar-refractivity contribution >= 4 is 21.7 Å². The Morgan fingerprint density at radius 1 is 0.826 bits per heavy atom. The minimum atomic E-state index is -0.155. The first-order chi connectivity index (χ1) is 11.3. The molecule has 23 heavy (non-hydrogen) atoms. The van der Waals surface area contributed by atoms with E-state index in [0.717, 1.165) is 16.3 Å². The third-order valence-electron chi connectivity index (χ3n) is 3.99. The van der Waals surface area contributed by atoms with Crippen molar-refractivity contribution in [3.05, 3.63) is 77.0 Å². The summed E-state index contributed by atoms with van der Waals surface area (Å²) in [6.07, 6.45) is 0. The molecule has 3 heteroatoms. The lowest BCUT2D eigenvalue weighted by Gasteiger charge is -2.11. The van der Waals surface area contributed by atoms with Crippen molar-refractivity contribution in [2.75, 3.05) is 7.11 Å². The largest absolute Gasteiger partial charge is 0.490 e. The molecule has 0 saturated carbocycles. The van der Waals surface area contributed by atoms with Gasteiger partial charge in [0.25, 0.3) is 0 Å². The van der Waals surface area contributed by atoms with E-state index in [1.807, 2.05) is 54.6 Å². The van der Waals surface area contributed by atoms with Crippen molar-refractivity contribution in [3.8, 4) is 17.1 Å². The molecule has 0 aliphatic heterocycles. The van der Waals surface area contributed by atoms with Gasteiger partial charge in [-0.05, 0) is 22.9 Å². The lowest BCUT2D eigenvalue weighted by molar-refractivity contribution is 0.399. The zero-order valence-electron chi connectivity index (χ0n) is 12.6. The molecule has 0 saturated heterocycles. The molecule has 3 aromatic carbocycles. The second kappa shape index (κ2) is 5.29. The van der Waals surface area contributed by atoms with Crippen molar-refractivity contribution in [3.63, 3.8) is 0 Å². The van der Waals surface area contributed by atoms with Crippen LogP contribution in [0.5, 0.6) is 5.75 Å². The van der Waals surface area contributed by atoms with E-state index in [1.54, 1.807) is 12.1 Å². The number of fused-ring (bicyclic) bond motifs is 2. The van der Waals surface area contributed by atoms with Crippen LogP contribution in [0.4, 0.5) is 0 Å². The van der Waals surface area contributed by atoms with Gasteiger partial charge in [-0.15, -0.1) is 0 Å². The minimum Gasteiger partial charge on any atom is -0.490 e. The highest BCUT2D eigenvalue weighted by Gasteiger charge is 2.18. The molecule has 0 aliphatic rings. The van der Waals surface area contributed by atoms with Gasteiger partial charge in [-0.2, -0.15) is 0 Å². The Morgan fingerprint density at radius 2 is 1.52 bits per heavy atom. The van der Waals surface area contributed by atoms with E-state index in [1.165, 1.54) is 7.11 Å². The topological polar surface area (TPSA) is 39.4 Å². The molecule has 1 heterocycles. The summed E-state index contributed by atoms with van der Waals surface area (Å²) >= 11 is 0. The molecule has 0 bridgehead atoms. The molecule has 0 aliphatic carbocycles. The fourth-order valence-electron chi connectivity index (χ4n) is 2.91. The van der Waals surface area contributed by atoms with Crippen LogP contribution in [-0.4, -0.2) is 7.11 Å². The number of benzene rings is 3. The van der Waals surface area contributed by atoms with E-state index in [9.17, 15) is 4.79 Å². The zero-order chi connectivity index (χ0) is 15.8. The fraction of sp³-hybridized carbons (Fsp3) is 0.0500. The number of methoxy groups -OCH3 is 1. The standard InChI is InChI=1S/C20H14O3/c1-22-20-18(21)16-10-4-5-12-17(16)23-19(20)15-11-6-8-13-7-2-3-9-14(13)15/h2-12H,1H3. The molecular weight excluding hydrogens is 288 g/mol. The third kappa shape index (κ3) is 2.09.